The summed E-state index contributed by atoms with van der Waals surface area (Å²) in [5.41, 5.74) is 4.54. The predicted molar refractivity (Wildman–Crippen MR) is 132 cm³/mol. The maximum atomic E-state index is 12.2. The van der Waals surface area contributed by atoms with Crippen LogP contribution in [0.5, 0.6) is 5.75 Å². The van der Waals surface area contributed by atoms with Crippen molar-refractivity contribution in [3.63, 3.8) is 0 Å². The van der Waals surface area contributed by atoms with E-state index in [2.05, 4.69) is 58.3 Å². The maximum Gasteiger partial charge on any atom is 0.272 e. The van der Waals surface area contributed by atoms with Crippen molar-refractivity contribution >= 4 is 83.1 Å². The van der Waals surface area contributed by atoms with E-state index in [1.807, 2.05) is 36.4 Å². The first-order valence-electron chi connectivity index (χ1n) is 8.48. The van der Waals surface area contributed by atoms with Crippen LogP contribution in [0.15, 0.2) is 73.1 Å². The van der Waals surface area contributed by atoms with Crippen LogP contribution < -0.4 is 10.2 Å². The molecule has 9 heteroatoms. The van der Waals surface area contributed by atoms with Crippen molar-refractivity contribution in [1.82, 2.24) is 5.43 Å². The second-order valence-electron chi connectivity index (χ2n) is 6.05. The van der Waals surface area contributed by atoms with Gasteiger partial charge in [0.1, 0.15) is 12.4 Å². The average Bonchev–Trinajstić information content (AvgIpc) is 2.68. The molecule has 0 heterocycles. The molecule has 1 N–H and O–H groups in total. The van der Waals surface area contributed by atoms with Crippen LogP contribution in [0.4, 0.5) is 0 Å². The van der Waals surface area contributed by atoms with Crippen molar-refractivity contribution in [1.29, 1.82) is 0 Å². The van der Waals surface area contributed by atoms with E-state index in [0.717, 1.165) is 24.5 Å². The number of hydrazone groups is 1. The molecule has 0 bridgehead atoms. The van der Waals surface area contributed by atoms with Gasteiger partial charge in [0.25, 0.3) is 5.91 Å². The molecule has 3 rings (SSSR count). The Morgan fingerprint density at radius 1 is 1.00 bits per heavy atom. The number of hydrogen-bond acceptors (Lipinski definition) is 3. The molecular weight excluding hydrogens is 623 g/mol. The van der Waals surface area contributed by atoms with Gasteiger partial charge in [-0.15, -0.1) is 0 Å². The molecule has 0 aliphatic carbocycles. The van der Waals surface area contributed by atoms with Crippen LogP contribution in [0.2, 0.25) is 10.0 Å². The van der Waals surface area contributed by atoms with E-state index in [0.29, 0.717) is 17.4 Å². The molecule has 0 aliphatic rings. The Morgan fingerprint density at radius 3 is 2.30 bits per heavy atom. The summed E-state index contributed by atoms with van der Waals surface area (Å²) in [5.74, 6) is 0.243. The normalized spacial score (nSPS) is 11.0. The number of amides is 1. The maximum absolute atomic E-state index is 12.2. The summed E-state index contributed by atoms with van der Waals surface area (Å²) in [6.45, 7) is 0.426. The van der Waals surface area contributed by atoms with Crippen molar-refractivity contribution < 1.29 is 9.53 Å². The second kappa shape index (κ2) is 10.8. The highest BCUT2D eigenvalue weighted by molar-refractivity contribution is 9.11. The van der Waals surface area contributed by atoms with Gasteiger partial charge in [0.15, 0.2) is 0 Å². The lowest BCUT2D eigenvalue weighted by Gasteiger charge is -2.11. The average molecular weight is 636 g/mol. The molecule has 3 aromatic rings. The summed E-state index contributed by atoms with van der Waals surface area (Å²) in [4.78, 5) is 12.2. The first-order chi connectivity index (χ1) is 14.3. The third-order valence-electron chi connectivity index (χ3n) is 3.87. The first kappa shape index (κ1) is 23.3. The summed E-state index contributed by atoms with van der Waals surface area (Å²) in [6, 6.07) is 16.2. The van der Waals surface area contributed by atoms with E-state index in [1.54, 1.807) is 12.1 Å². The summed E-state index contributed by atoms with van der Waals surface area (Å²) >= 11 is 22.3. The Morgan fingerprint density at radius 2 is 1.67 bits per heavy atom. The van der Waals surface area contributed by atoms with Gasteiger partial charge in [-0.3, -0.25) is 4.79 Å². The highest BCUT2D eigenvalue weighted by Gasteiger charge is 2.11. The minimum absolute atomic E-state index is 0.257. The second-order valence-corrected chi connectivity index (χ2v) is 9.52. The minimum atomic E-state index is -0.430. The van der Waals surface area contributed by atoms with Crippen molar-refractivity contribution in [3.8, 4) is 5.75 Å². The monoisotopic (exact) mass is 632 g/mol. The summed E-state index contributed by atoms with van der Waals surface area (Å²) in [5, 5.41) is 4.71. The van der Waals surface area contributed by atoms with E-state index < -0.39 is 5.91 Å². The van der Waals surface area contributed by atoms with Crippen LogP contribution in [0.25, 0.3) is 0 Å². The van der Waals surface area contributed by atoms with E-state index in [4.69, 9.17) is 27.9 Å². The fourth-order valence-electron chi connectivity index (χ4n) is 2.43. The number of carbonyl (C=O) groups excluding carboxylic acids is 1. The first-order valence-corrected chi connectivity index (χ1v) is 11.6. The van der Waals surface area contributed by atoms with E-state index in [1.165, 1.54) is 12.3 Å². The SMILES string of the molecule is O=C(N/N=C/c1cc(Br)c(OCc2ccc(Br)cc2)c(Br)c1)c1ccc(Cl)cc1Cl. The van der Waals surface area contributed by atoms with Gasteiger partial charge in [0, 0.05) is 9.50 Å². The van der Waals surface area contributed by atoms with Crippen molar-refractivity contribution in [2.75, 3.05) is 0 Å². The molecule has 30 heavy (non-hydrogen) atoms. The topological polar surface area (TPSA) is 50.7 Å². The Hall–Kier alpha value is -1.38. The molecule has 1 amide bonds. The summed E-state index contributed by atoms with van der Waals surface area (Å²) < 4.78 is 8.44. The molecule has 4 nitrogen and oxygen atoms in total. The zero-order valence-electron chi connectivity index (χ0n) is 15.1. The smallest absolute Gasteiger partial charge is 0.272 e. The van der Waals surface area contributed by atoms with Crippen molar-refractivity contribution in [2.45, 2.75) is 6.61 Å². The molecule has 3 aromatic carbocycles. The molecule has 154 valence electrons. The minimum Gasteiger partial charge on any atom is -0.487 e. The Bertz CT molecular complexity index is 1080. The van der Waals surface area contributed by atoms with Gasteiger partial charge >= 0.3 is 0 Å². The highest BCUT2D eigenvalue weighted by atomic mass is 79.9. The lowest BCUT2D eigenvalue weighted by molar-refractivity contribution is 0.0955. The third-order valence-corrected chi connectivity index (χ3v) is 6.13. The molecule has 0 radical (unpaired) electrons. The number of halogens is 5. The molecule has 0 aromatic heterocycles. The summed E-state index contributed by atoms with van der Waals surface area (Å²) in [6.07, 6.45) is 1.52. The number of rotatable bonds is 6. The molecule has 0 atom stereocenters. The van der Waals surface area contributed by atoms with Gasteiger partial charge in [-0.25, -0.2) is 5.43 Å². The number of benzene rings is 3. The number of ether oxygens (including phenoxy) is 1. The highest BCUT2D eigenvalue weighted by Crippen LogP contribution is 2.35. The van der Waals surface area contributed by atoms with Gasteiger partial charge in [-0.05, 0) is 85.5 Å². The van der Waals surface area contributed by atoms with Gasteiger partial charge in [0.2, 0.25) is 0 Å². The zero-order valence-corrected chi connectivity index (χ0v) is 21.4. The van der Waals surface area contributed by atoms with Crippen LogP contribution >= 0.6 is 71.0 Å². The third kappa shape index (κ3) is 6.31. The molecule has 0 unspecified atom stereocenters. The molecule has 0 spiro atoms. The lowest BCUT2D eigenvalue weighted by Crippen LogP contribution is -2.18. The Labute approximate surface area is 209 Å². The van der Waals surface area contributed by atoms with Crippen LogP contribution in [-0.2, 0) is 6.61 Å². The fourth-order valence-corrected chi connectivity index (χ4v) is 4.64. The number of nitrogens with one attached hydrogen (secondary N) is 1. The zero-order chi connectivity index (χ0) is 21.7. The van der Waals surface area contributed by atoms with Gasteiger partial charge in [-0.1, -0.05) is 51.3 Å². The van der Waals surface area contributed by atoms with E-state index in [-0.39, 0.29) is 10.6 Å². The van der Waals surface area contributed by atoms with Gasteiger partial charge in [-0.2, -0.15) is 5.10 Å². The van der Waals surface area contributed by atoms with Crippen molar-refractivity contribution in [3.05, 3.63) is 94.8 Å². The molecule has 0 aliphatic heterocycles. The fraction of sp³-hybridized carbons (Fsp3) is 0.0476. The van der Waals surface area contributed by atoms with Crippen LogP contribution in [-0.4, -0.2) is 12.1 Å². The molecule has 0 fully saturated rings. The Kier molecular flexibility index (Phi) is 8.36. The van der Waals surface area contributed by atoms with Crippen LogP contribution in [0.1, 0.15) is 21.5 Å². The molecule has 0 saturated carbocycles. The quantitative estimate of drug-likeness (QED) is 0.224. The number of nitrogens with zero attached hydrogens (tertiary/aromatic N) is 1. The molecular formula is C21H13Br3Cl2N2O2. The summed E-state index contributed by atoms with van der Waals surface area (Å²) in [7, 11) is 0. The van der Waals surface area contributed by atoms with Crippen molar-refractivity contribution in [2.24, 2.45) is 5.10 Å². The lowest BCUT2D eigenvalue weighted by atomic mass is 10.2. The molecule has 0 saturated heterocycles. The Balaban J connectivity index is 1.65. The van der Waals surface area contributed by atoms with E-state index in [9.17, 15) is 4.79 Å². The van der Waals surface area contributed by atoms with Gasteiger partial charge in [0.05, 0.1) is 25.7 Å². The van der Waals surface area contributed by atoms with Gasteiger partial charge < -0.3 is 4.74 Å². The number of hydrogen-bond donors (Lipinski definition) is 1. The van der Waals surface area contributed by atoms with Crippen LogP contribution in [0.3, 0.4) is 0 Å². The largest absolute Gasteiger partial charge is 0.487 e. The standard InChI is InChI=1S/C21H13Br3Cl2N2O2/c22-14-3-1-12(2-4-14)11-30-20-17(23)7-13(8-18(20)24)10-27-28-21(29)16-6-5-15(25)9-19(16)26/h1-10H,11H2,(H,28,29)/b27-10+. The predicted octanol–water partition coefficient (Wildman–Crippen LogP) is 7.62. The number of carbonyl (C=O) groups is 1. The van der Waals surface area contributed by atoms with E-state index >= 15 is 0 Å². The van der Waals surface area contributed by atoms with Crippen LogP contribution in [0, 0.1) is 0 Å².